The predicted octanol–water partition coefficient (Wildman–Crippen LogP) is 5.09. The molecular formula is C22H26N4. The third-order valence-corrected chi connectivity index (χ3v) is 4.41. The van der Waals surface area contributed by atoms with Crippen molar-refractivity contribution >= 4 is 17.5 Å². The molecule has 0 radical (unpaired) electrons. The quantitative estimate of drug-likeness (QED) is 0.698. The molecule has 0 aliphatic rings. The maximum Gasteiger partial charge on any atom is 0.229 e. The predicted molar refractivity (Wildman–Crippen MR) is 109 cm³/mol. The number of aromatic nitrogens is 2. The topological polar surface area (TPSA) is 41.1 Å². The summed E-state index contributed by atoms with van der Waals surface area (Å²) in [5.74, 6) is 1.54. The zero-order chi connectivity index (χ0) is 18.7. The Kier molecular flexibility index (Phi) is 5.21. The minimum atomic E-state index is 0.634. The largest absolute Gasteiger partial charge is 0.355 e. The Morgan fingerprint density at radius 2 is 1.54 bits per heavy atom. The van der Waals surface area contributed by atoms with Crippen LogP contribution in [0.1, 0.15) is 27.9 Å². The van der Waals surface area contributed by atoms with E-state index in [4.69, 9.17) is 4.98 Å². The number of aryl methyl sites for hydroxylation is 4. The van der Waals surface area contributed by atoms with E-state index in [0.29, 0.717) is 5.95 Å². The van der Waals surface area contributed by atoms with Crippen molar-refractivity contribution in [2.24, 2.45) is 0 Å². The van der Waals surface area contributed by atoms with Crippen LogP contribution in [0, 0.1) is 27.7 Å². The van der Waals surface area contributed by atoms with Crippen LogP contribution in [0.3, 0.4) is 0 Å². The second-order valence-corrected chi connectivity index (χ2v) is 6.93. The van der Waals surface area contributed by atoms with Gasteiger partial charge in [-0.2, -0.15) is 4.98 Å². The van der Waals surface area contributed by atoms with Gasteiger partial charge in [-0.1, -0.05) is 48.0 Å². The third-order valence-electron chi connectivity index (χ3n) is 4.41. The van der Waals surface area contributed by atoms with E-state index in [2.05, 4.69) is 79.4 Å². The van der Waals surface area contributed by atoms with Crippen LogP contribution >= 0.6 is 0 Å². The minimum Gasteiger partial charge on any atom is -0.355 e. The van der Waals surface area contributed by atoms with E-state index in [1.54, 1.807) is 0 Å². The lowest BCUT2D eigenvalue weighted by Crippen LogP contribution is -2.18. The standard InChI is InChI=1S/C22H26N4/c1-15-11-16(2)21(17(3)12-15)25-22-23-18(4)13-20(24-22)26(5)14-19-9-7-6-8-10-19/h6-13H,14H2,1-5H3,(H,23,24,25). The molecule has 134 valence electrons. The lowest BCUT2D eigenvalue weighted by atomic mass is 10.1. The number of hydrogen-bond acceptors (Lipinski definition) is 4. The Labute approximate surface area is 155 Å². The van der Waals surface area contributed by atoms with Gasteiger partial charge in [0.05, 0.1) is 0 Å². The first-order valence-corrected chi connectivity index (χ1v) is 8.88. The SMILES string of the molecule is Cc1cc(C)c(Nc2nc(C)cc(N(C)Cc3ccccc3)n2)c(C)c1. The summed E-state index contributed by atoms with van der Waals surface area (Å²) in [7, 11) is 2.06. The van der Waals surface area contributed by atoms with Gasteiger partial charge in [-0.05, 0) is 44.4 Å². The van der Waals surface area contributed by atoms with Crippen molar-refractivity contribution in [2.45, 2.75) is 34.2 Å². The lowest BCUT2D eigenvalue weighted by molar-refractivity contribution is 0.888. The smallest absolute Gasteiger partial charge is 0.229 e. The van der Waals surface area contributed by atoms with Gasteiger partial charge in [0.15, 0.2) is 0 Å². The number of nitrogens with zero attached hydrogens (tertiary/aromatic N) is 3. The van der Waals surface area contributed by atoms with E-state index in [-0.39, 0.29) is 0 Å². The summed E-state index contributed by atoms with van der Waals surface area (Å²) in [5, 5.41) is 3.42. The van der Waals surface area contributed by atoms with Gasteiger partial charge in [0.1, 0.15) is 5.82 Å². The van der Waals surface area contributed by atoms with Crippen molar-refractivity contribution < 1.29 is 0 Å². The van der Waals surface area contributed by atoms with Crippen LogP contribution < -0.4 is 10.2 Å². The first kappa shape index (κ1) is 17.9. The maximum absolute atomic E-state index is 4.73. The molecule has 0 spiro atoms. The molecule has 26 heavy (non-hydrogen) atoms. The summed E-state index contributed by atoms with van der Waals surface area (Å²) < 4.78 is 0. The van der Waals surface area contributed by atoms with Crippen molar-refractivity contribution in [3.05, 3.63) is 76.5 Å². The monoisotopic (exact) mass is 346 g/mol. The van der Waals surface area contributed by atoms with Crippen LogP contribution in [-0.2, 0) is 6.54 Å². The van der Waals surface area contributed by atoms with E-state index < -0.39 is 0 Å². The minimum absolute atomic E-state index is 0.634. The van der Waals surface area contributed by atoms with Gasteiger partial charge < -0.3 is 10.2 Å². The molecule has 0 saturated heterocycles. The molecule has 4 heteroatoms. The molecule has 1 aromatic heterocycles. The van der Waals surface area contributed by atoms with Crippen molar-refractivity contribution in [2.75, 3.05) is 17.3 Å². The molecule has 4 nitrogen and oxygen atoms in total. The van der Waals surface area contributed by atoms with E-state index in [0.717, 1.165) is 23.7 Å². The second kappa shape index (κ2) is 7.56. The lowest BCUT2D eigenvalue weighted by Gasteiger charge is -2.20. The Hall–Kier alpha value is -2.88. The summed E-state index contributed by atoms with van der Waals surface area (Å²) in [6.07, 6.45) is 0. The molecule has 3 aromatic rings. The van der Waals surface area contributed by atoms with Gasteiger partial charge in [-0.25, -0.2) is 4.98 Å². The molecular weight excluding hydrogens is 320 g/mol. The fourth-order valence-electron chi connectivity index (χ4n) is 3.23. The van der Waals surface area contributed by atoms with Gasteiger partial charge in [-0.15, -0.1) is 0 Å². The summed E-state index contributed by atoms with van der Waals surface area (Å²) in [5.41, 5.74) is 6.95. The van der Waals surface area contributed by atoms with Crippen molar-refractivity contribution in [1.82, 2.24) is 9.97 Å². The Morgan fingerprint density at radius 3 is 2.19 bits per heavy atom. The molecule has 0 atom stereocenters. The first-order valence-electron chi connectivity index (χ1n) is 8.88. The molecule has 1 N–H and O–H groups in total. The van der Waals surface area contributed by atoms with Crippen LogP contribution in [0.25, 0.3) is 0 Å². The number of benzene rings is 2. The second-order valence-electron chi connectivity index (χ2n) is 6.93. The van der Waals surface area contributed by atoms with Crippen LogP contribution in [0.2, 0.25) is 0 Å². The number of hydrogen-bond donors (Lipinski definition) is 1. The normalized spacial score (nSPS) is 10.7. The van der Waals surface area contributed by atoms with Crippen LogP contribution in [0.4, 0.5) is 17.5 Å². The van der Waals surface area contributed by atoms with Gasteiger partial charge >= 0.3 is 0 Å². The van der Waals surface area contributed by atoms with Gasteiger partial charge in [0.2, 0.25) is 5.95 Å². The summed E-state index contributed by atoms with van der Waals surface area (Å²) in [6.45, 7) is 9.14. The summed E-state index contributed by atoms with van der Waals surface area (Å²) >= 11 is 0. The van der Waals surface area contributed by atoms with E-state index >= 15 is 0 Å². The Bertz CT molecular complexity index is 880. The highest BCUT2D eigenvalue weighted by molar-refractivity contribution is 5.64. The highest BCUT2D eigenvalue weighted by Crippen LogP contribution is 2.25. The highest BCUT2D eigenvalue weighted by Gasteiger charge is 2.10. The van der Waals surface area contributed by atoms with Crippen molar-refractivity contribution in [1.29, 1.82) is 0 Å². The molecule has 0 saturated carbocycles. The Morgan fingerprint density at radius 1 is 0.885 bits per heavy atom. The Balaban J connectivity index is 1.86. The zero-order valence-corrected chi connectivity index (χ0v) is 16.2. The molecule has 0 aliphatic carbocycles. The summed E-state index contributed by atoms with van der Waals surface area (Å²) in [6, 6.07) is 16.8. The van der Waals surface area contributed by atoms with Gasteiger partial charge in [-0.3, -0.25) is 0 Å². The van der Waals surface area contributed by atoms with Gasteiger partial charge in [0.25, 0.3) is 0 Å². The fraction of sp³-hybridized carbons (Fsp3) is 0.273. The number of anilines is 3. The van der Waals surface area contributed by atoms with Crippen LogP contribution in [0.15, 0.2) is 48.5 Å². The molecule has 0 aliphatic heterocycles. The number of nitrogens with one attached hydrogen (secondary N) is 1. The van der Waals surface area contributed by atoms with E-state index in [1.807, 2.05) is 19.1 Å². The van der Waals surface area contributed by atoms with Crippen molar-refractivity contribution in [3.63, 3.8) is 0 Å². The molecule has 0 bridgehead atoms. The molecule has 0 fully saturated rings. The number of rotatable bonds is 5. The average molecular weight is 346 g/mol. The van der Waals surface area contributed by atoms with Crippen LogP contribution in [0.5, 0.6) is 0 Å². The average Bonchev–Trinajstić information content (AvgIpc) is 2.58. The fourth-order valence-corrected chi connectivity index (χ4v) is 3.23. The van der Waals surface area contributed by atoms with E-state index in [1.165, 1.54) is 22.3 Å². The first-order chi connectivity index (χ1) is 12.4. The summed E-state index contributed by atoms with van der Waals surface area (Å²) in [4.78, 5) is 11.5. The molecule has 0 amide bonds. The zero-order valence-electron chi connectivity index (χ0n) is 16.2. The van der Waals surface area contributed by atoms with Crippen LogP contribution in [-0.4, -0.2) is 17.0 Å². The highest BCUT2D eigenvalue weighted by atomic mass is 15.2. The third kappa shape index (κ3) is 4.20. The molecule has 2 aromatic carbocycles. The molecule has 1 heterocycles. The molecule has 0 unspecified atom stereocenters. The van der Waals surface area contributed by atoms with E-state index in [9.17, 15) is 0 Å². The molecule has 3 rings (SSSR count). The van der Waals surface area contributed by atoms with Gasteiger partial charge in [0, 0.05) is 31.0 Å². The van der Waals surface area contributed by atoms with Crippen molar-refractivity contribution in [3.8, 4) is 0 Å². The maximum atomic E-state index is 4.73.